The van der Waals surface area contributed by atoms with Gasteiger partial charge in [0.05, 0.1) is 24.9 Å². The predicted octanol–water partition coefficient (Wildman–Crippen LogP) is 5.55. The number of fused-ring (bicyclic) bond motifs is 1. The maximum Gasteiger partial charge on any atom is 0.261 e. The van der Waals surface area contributed by atoms with Gasteiger partial charge in [-0.15, -0.1) is 11.3 Å². The second-order valence-electron chi connectivity index (χ2n) is 7.91. The van der Waals surface area contributed by atoms with Crippen LogP contribution in [0.1, 0.15) is 27.7 Å². The summed E-state index contributed by atoms with van der Waals surface area (Å²) in [7, 11) is 1.56. The van der Waals surface area contributed by atoms with Gasteiger partial charge in [0.2, 0.25) is 0 Å². The van der Waals surface area contributed by atoms with Crippen LogP contribution in [-0.2, 0) is 11.3 Å². The number of hydrogen-bond donors (Lipinski definition) is 2. The number of anilines is 1. The Morgan fingerprint density at radius 1 is 0.971 bits per heavy atom. The van der Waals surface area contributed by atoms with Gasteiger partial charge < -0.3 is 20.1 Å². The molecule has 0 aliphatic carbocycles. The van der Waals surface area contributed by atoms with E-state index in [4.69, 9.17) is 9.47 Å². The number of hydrogen-bond acceptors (Lipinski definition) is 5. The molecule has 0 fully saturated rings. The van der Waals surface area contributed by atoms with E-state index >= 15 is 0 Å². The molecule has 0 aliphatic heterocycles. The monoisotopic (exact) mass is 474 g/mol. The highest BCUT2D eigenvalue weighted by atomic mass is 32.1. The van der Waals surface area contributed by atoms with E-state index in [1.165, 1.54) is 0 Å². The molecule has 4 aromatic rings. The average molecular weight is 475 g/mol. The zero-order valence-corrected chi connectivity index (χ0v) is 20.1. The molecule has 7 heteroatoms. The van der Waals surface area contributed by atoms with E-state index in [9.17, 15) is 9.59 Å². The quantitative estimate of drug-likeness (QED) is 0.351. The van der Waals surface area contributed by atoms with Crippen LogP contribution in [0.15, 0.2) is 72.1 Å². The topological polar surface area (TPSA) is 76.7 Å². The van der Waals surface area contributed by atoms with E-state index in [1.807, 2.05) is 66.9 Å². The highest BCUT2D eigenvalue weighted by Crippen LogP contribution is 2.30. The standard InChI is InChI=1S/C27H26N2O4S/c1-17-10-11-24(32-3)23(13-17)29-27(31)22-14-19-7-4-5-8-20(19)15-25(22)33-18(2)26(30)28-16-21-9-6-12-34-21/h4-15,18H,16H2,1-3H3,(H,28,30)(H,29,31)/t18-/m1/s1. The minimum atomic E-state index is -0.791. The van der Waals surface area contributed by atoms with Gasteiger partial charge in [-0.05, 0) is 65.9 Å². The molecule has 174 valence electrons. The van der Waals surface area contributed by atoms with Crippen LogP contribution >= 0.6 is 11.3 Å². The Hall–Kier alpha value is -3.84. The fraction of sp³-hybridized carbons (Fsp3) is 0.185. The first kappa shape index (κ1) is 23.3. The Bertz CT molecular complexity index is 1320. The molecule has 0 saturated heterocycles. The van der Waals surface area contributed by atoms with Crippen molar-refractivity contribution in [1.82, 2.24) is 5.32 Å². The molecule has 0 radical (unpaired) electrons. The highest BCUT2D eigenvalue weighted by molar-refractivity contribution is 7.09. The fourth-order valence-electron chi connectivity index (χ4n) is 3.58. The molecule has 0 unspecified atom stereocenters. The molecular weight excluding hydrogens is 448 g/mol. The van der Waals surface area contributed by atoms with E-state index in [0.29, 0.717) is 29.3 Å². The minimum absolute atomic E-state index is 0.256. The number of carbonyl (C=O) groups is 2. The Balaban J connectivity index is 1.60. The van der Waals surface area contributed by atoms with Crippen molar-refractivity contribution in [3.05, 3.63) is 88.1 Å². The number of ether oxygens (including phenoxy) is 2. The van der Waals surface area contributed by atoms with Gasteiger partial charge in [0.1, 0.15) is 11.5 Å². The van der Waals surface area contributed by atoms with Gasteiger partial charge in [-0.25, -0.2) is 0 Å². The Labute approximate surface area is 202 Å². The number of benzene rings is 3. The van der Waals surface area contributed by atoms with Crippen molar-refractivity contribution in [2.24, 2.45) is 0 Å². The Kier molecular flexibility index (Phi) is 7.13. The van der Waals surface area contributed by atoms with Crippen LogP contribution in [0.2, 0.25) is 0 Å². The maximum absolute atomic E-state index is 13.3. The molecule has 0 aliphatic rings. The van der Waals surface area contributed by atoms with Gasteiger partial charge in [-0.1, -0.05) is 36.4 Å². The van der Waals surface area contributed by atoms with Gasteiger partial charge in [0.15, 0.2) is 6.10 Å². The molecule has 4 rings (SSSR count). The second kappa shape index (κ2) is 10.4. The summed E-state index contributed by atoms with van der Waals surface area (Å²) in [6, 6.07) is 20.7. The van der Waals surface area contributed by atoms with Crippen LogP contribution in [0.3, 0.4) is 0 Å². The van der Waals surface area contributed by atoms with E-state index in [1.54, 1.807) is 37.5 Å². The van der Waals surface area contributed by atoms with Crippen molar-refractivity contribution in [2.75, 3.05) is 12.4 Å². The third-order valence-corrected chi connectivity index (χ3v) is 6.26. The predicted molar refractivity (Wildman–Crippen MR) is 136 cm³/mol. The summed E-state index contributed by atoms with van der Waals surface area (Å²) in [5.74, 6) is 0.286. The first-order valence-electron chi connectivity index (χ1n) is 10.9. The molecule has 34 heavy (non-hydrogen) atoms. The first-order chi connectivity index (χ1) is 16.4. The molecule has 1 heterocycles. The Morgan fingerprint density at radius 2 is 1.74 bits per heavy atom. The number of aryl methyl sites for hydroxylation is 1. The lowest BCUT2D eigenvalue weighted by atomic mass is 10.0. The number of methoxy groups -OCH3 is 1. The minimum Gasteiger partial charge on any atom is -0.495 e. The molecule has 1 aromatic heterocycles. The molecule has 2 N–H and O–H groups in total. The molecule has 6 nitrogen and oxygen atoms in total. The second-order valence-corrected chi connectivity index (χ2v) is 8.94. The van der Waals surface area contributed by atoms with Crippen LogP contribution in [0.25, 0.3) is 10.8 Å². The number of carbonyl (C=O) groups excluding carboxylic acids is 2. The lowest BCUT2D eigenvalue weighted by Gasteiger charge is -2.18. The largest absolute Gasteiger partial charge is 0.495 e. The van der Waals surface area contributed by atoms with Gasteiger partial charge in [-0.2, -0.15) is 0 Å². The molecule has 0 spiro atoms. The van der Waals surface area contributed by atoms with Crippen molar-refractivity contribution in [3.63, 3.8) is 0 Å². The lowest BCUT2D eigenvalue weighted by Crippen LogP contribution is -2.36. The van der Waals surface area contributed by atoms with Crippen molar-refractivity contribution in [3.8, 4) is 11.5 Å². The van der Waals surface area contributed by atoms with Crippen LogP contribution in [0.5, 0.6) is 11.5 Å². The summed E-state index contributed by atoms with van der Waals surface area (Å²) < 4.78 is 11.4. The molecule has 3 aromatic carbocycles. The molecule has 2 amide bonds. The van der Waals surface area contributed by atoms with Crippen LogP contribution < -0.4 is 20.1 Å². The van der Waals surface area contributed by atoms with Crippen LogP contribution in [-0.4, -0.2) is 25.0 Å². The van der Waals surface area contributed by atoms with Crippen LogP contribution in [0, 0.1) is 6.92 Å². The van der Waals surface area contributed by atoms with Crippen molar-refractivity contribution >= 4 is 39.6 Å². The van der Waals surface area contributed by atoms with E-state index in [2.05, 4.69) is 10.6 Å². The van der Waals surface area contributed by atoms with Crippen molar-refractivity contribution < 1.29 is 19.1 Å². The van der Waals surface area contributed by atoms with Gasteiger partial charge in [0.25, 0.3) is 11.8 Å². The number of nitrogens with one attached hydrogen (secondary N) is 2. The fourth-order valence-corrected chi connectivity index (χ4v) is 4.22. The average Bonchev–Trinajstić information content (AvgIpc) is 3.36. The van der Waals surface area contributed by atoms with Crippen LogP contribution in [0.4, 0.5) is 5.69 Å². The number of amides is 2. The lowest BCUT2D eigenvalue weighted by molar-refractivity contribution is -0.127. The normalized spacial score (nSPS) is 11.6. The first-order valence-corrected chi connectivity index (χ1v) is 11.8. The third-order valence-electron chi connectivity index (χ3n) is 5.39. The number of rotatable bonds is 8. The zero-order chi connectivity index (χ0) is 24.1. The van der Waals surface area contributed by atoms with E-state index in [0.717, 1.165) is 21.2 Å². The summed E-state index contributed by atoms with van der Waals surface area (Å²) in [6.07, 6.45) is -0.791. The van der Waals surface area contributed by atoms with Gasteiger partial charge in [-0.3, -0.25) is 9.59 Å². The molecule has 0 bridgehead atoms. The van der Waals surface area contributed by atoms with Crippen molar-refractivity contribution in [1.29, 1.82) is 0 Å². The van der Waals surface area contributed by atoms with Crippen molar-refractivity contribution in [2.45, 2.75) is 26.5 Å². The molecule has 1 atom stereocenters. The summed E-state index contributed by atoms with van der Waals surface area (Å²) in [6.45, 7) is 4.04. The summed E-state index contributed by atoms with van der Waals surface area (Å²) in [5, 5.41) is 9.58. The molecular formula is C27H26N2O4S. The summed E-state index contributed by atoms with van der Waals surface area (Å²) in [5.41, 5.74) is 1.88. The van der Waals surface area contributed by atoms with Gasteiger partial charge in [0, 0.05) is 4.88 Å². The third kappa shape index (κ3) is 5.38. The van der Waals surface area contributed by atoms with E-state index < -0.39 is 6.10 Å². The zero-order valence-electron chi connectivity index (χ0n) is 19.3. The molecule has 0 saturated carbocycles. The van der Waals surface area contributed by atoms with E-state index in [-0.39, 0.29) is 11.8 Å². The maximum atomic E-state index is 13.3. The van der Waals surface area contributed by atoms with Gasteiger partial charge >= 0.3 is 0 Å². The number of thiophene rings is 1. The summed E-state index contributed by atoms with van der Waals surface area (Å²) >= 11 is 1.57. The summed E-state index contributed by atoms with van der Waals surface area (Å²) in [4.78, 5) is 27.0. The SMILES string of the molecule is COc1ccc(C)cc1NC(=O)c1cc2ccccc2cc1O[C@H](C)C(=O)NCc1cccs1. The Morgan fingerprint density at radius 3 is 2.44 bits per heavy atom. The highest BCUT2D eigenvalue weighted by Gasteiger charge is 2.21. The smallest absolute Gasteiger partial charge is 0.261 e.